The number of ether oxygens (including phenoxy) is 1. The van der Waals surface area contributed by atoms with Gasteiger partial charge >= 0.3 is 0 Å². The van der Waals surface area contributed by atoms with Crippen molar-refractivity contribution in [3.63, 3.8) is 0 Å². The highest BCUT2D eigenvalue weighted by atomic mass is 16.5. The third-order valence-electron chi connectivity index (χ3n) is 2.82. The third kappa shape index (κ3) is 3.95. The molecule has 0 aliphatic rings. The van der Waals surface area contributed by atoms with Crippen molar-refractivity contribution in [2.24, 2.45) is 0 Å². The summed E-state index contributed by atoms with van der Waals surface area (Å²) in [5.41, 5.74) is 2.77. The van der Waals surface area contributed by atoms with Gasteiger partial charge in [0.1, 0.15) is 0 Å². The Hall–Kier alpha value is -0.860. The Morgan fingerprint density at radius 3 is 2.75 bits per heavy atom. The molecule has 1 atom stereocenters. The number of methoxy groups -OCH3 is 1. The molecular formula is C14H23NO. The quantitative estimate of drug-likeness (QED) is 0.764. The van der Waals surface area contributed by atoms with E-state index in [4.69, 9.17) is 4.74 Å². The summed E-state index contributed by atoms with van der Waals surface area (Å²) in [6.45, 7) is 6.12. The average molecular weight is 221 g/mol. The van der Waals surface area contributed by atoms with Crippen LogP contribution in [0.25, 0.3) is 0 Å². The van der Waals surface area contributed by atoms with Gasteiger partial charge in [-0.25, -0.2) is 0 Å². The molecule has 1 aromatic rings. The number of aryl methyl sites for hydroxylation is 1. The molecule has 1 aromatic carbocycles. The first-order valence-corrected chi connectivity index (χ1v) is 6.13. The summed E-state index contributed by atoms with van der Waals surface area (Å²) in [5, 5.41) is 3.51. The predicted octanol–water partition coefficient (Wildman–Crippen LogP) is 2.94. The Morgan fingerprint density at radius 2 is 2.12 bits per heavy atom. The van der Waals surface area contributed by atoms with Crippen LogP contribution in [-0.2, 0) is 11.2 Å². The maximum absolute atomic E-state index is 5.16. The van der Waals surface area contributed by atoms with E-state index in [1.807, 2.05) is 0 Å². The number of rotatable bonds is 7. The molecule has 2 heteroatoms. The summed E-state index contributed by atoms with van der Waals surface area (Å²) in [5.74, 6) is 0. The van der Waals surface area contributed by atoms with Crippen LogP contribution in [-0.4, -0.2) is 20.3 Å². The molecule has 0 spiro atoms. The maximum atomic E-state index is 5.16. The number of hydrogen-bond acceptors (Lipinski definition) is 2. The molecule has 0 radical (unpaired) electrons. The Morgan fingerprint density at radius 1 is 1.31 bits per heavy atom. The van der Waals surface area contributed by atoms with Crippen LogP contribution in [0.3, 0.4) is 0 Å². The van der Waals surface area contributed by atoms with Crippen LogP contribution in [0.4, 0.5) is 0 Å². The molecule has 0 aromatic heterocycles. The molecule has 1 unspecified atom stereocenters. The monoisotopic (exact) mass is 221 g/mol. The second-order valence-electron chi connectivity index (χ2n) is 3.99. The molecule has 0 heterocycles. The summed E-state index contributed by atoms with van der Waals surface area (Å²) < 4.78 is 5.16. The number of benzene rings is 1. The van der Waals surface area contributed by atoms with E-state index >= 15 is 0 Å². The lowest BCUT2D eigenvalue weighted by Gasteiger charge is -2.18. The van der Waals surface area contributed by atoms with Crippen molar-refractivity contribution < 1.29 is 4.74 Å². The van der Waals surface area contributed by atoms with E-state index in [1.165, 1.54) is 11.1 Å². The Kier molecular flexibility index (Phi) is 6.12. The molecular weight excluding hydrogens is 198 g/mol. The molecule has 0 amide bonds. The maximum Gasteiger partial charge on any atom is 0.0480 e. The molecule has 0 saturated heterocycles. The Labute approximate surface area is 99.0 Å². The van der Waals surface area contributed by atoms with Gasteiger partial charge in [0.2, 0.25) is 0 Å². The summed E-state index contributed by atoms with van der Waals surface area (Å²) >= 11 is 0. The molecule has 16 heavy (non-hydrogen) atoms. The van der Waals surface area contributed by atoms with Crippen LogP contribution in [0.15, 0.2) is 24.3 Å². The van der Waals surface area contributed by atoms with Crippen LogP contribution in [0, 0.1) is 0 Å². The standard InChI is InChI=1S/C14H23NO/c1-4-12-7-6-8-13(11-12)14(15-5-2)9-10-16-3/h6-8,11,14-15H,4-5,9-10H2,1-3H3. The molecule has 0 bridgehead atoms. The van der Waals surface area contributed by atoms with Gasteiger partial charge in [0.15, 0.2) is 0 Å². The first-order chi connectivity index (χ1) is 7.81. The van der Waals surface area contributed by atoms with E-state index in [9.17, 15) is 0 Å². The van der Waals surface area contributed by atoms with Gasteiger partial charge in [-0.15, -0.1) is 0 Å². The highest BCUT2D eigenvalue weighted by Gasteiger charge is 2.09. The normalized spacial score (nSPS) is 12.7. The average Bonchev–Trinajstić information content (AvgIpc) is 2.34. The van der Waals surface area contributed by atoms with Gasteiger partial charge in [-0.3, -0.25) is 0 Å². The highest BCUT2D eigenvalue weighted by molar-refractivity contribution is 5.26. The predicted molar refractivity (Wildman–Crippen MR) is 68.7 cm³/mol. The molecule has 90 valence electrons. The van der Waals surface area contributed by atoms with Gasteiger partial charge in [-0.2, -0.15) is 0 Å². The second kappa shape index (κ2) is 7.42. The van der Waals surface area contributed by atoms with Crippen molar-refractivity contribution in [2.75, 3.05) is 20.3 Å². The molecule has 0 fully saturated rings. The van der Waals surface area contributed by atoms with Gasteiger partial charge in [-0.05, 0) is 30.5 Å². The zero-order valence-corrected chi connectivity index (χ0v) is 10.6. The van der Waals surface area contributed by atoms with Crippen molar-refractivity contribution in [3.05, 3.63) is 35.4 Å². The molecule has 0 saturated carbocycles. The van der Waals surface area contributed by atoms with E-state index in [1.54, 1.807) is 7.11 Å². The van der Waals surface area contributed by atoms with Crippen LogP contribution in [0.2, 0.25) is 0 Å². The summed E-state index contributed by atoms with van der Waals surface area (Å²) in [6.07, 6.45) is 2.12. The second-order valence-corrected chi connectivity index (χ2v) is 3.99. The molecule has 0 aliphatic carbocycles. The van der Waals surface area contributed by atoms with Crippen molar-refractivity contribution in [2.45, 2.75) is 32.7 Å². The third-order valence-corrected chi connectivity index (χ3v) is 2.82. The molecule has 2 nitrogen and oxygen atoms in total. The lowest BCUT2D eigenvalue weighted by atomic mass is 10.0. The van der Waals surface area contributed by atoms with E-state index in [2.05, 4.69) is 43.4 Å². The van der Waals surface area contributed by atoms with Crippen LogP contribution in [0.5, 0.6) is 0 Å². The smallest absolute Gasteiger partial charge is 0.0480 e. The minimum Gasteiger partial charge on any atom is -0.385 e. The van der Waals surface area contributed by atoms with Crippen molar-refractivity contribution >= 4 is 0 Å². The van der Waals surface area contributed by atoms with Crippen molar-refractivity contribution in [1.82, 2.24) is 5.32 Å². The van der Waals surface area contributed by atoms with E-state index in [0.29, 0.717) is 6.04 Å². The fourth-order valence-corrected chi connectivity index (χ4v) is 1.90. The topological polar surface area (TPSA) is 21.3 Å². The molecule has 1 N–H and O–H groups in total. The number of hydrogen-bond donors (Lipinski definition) is 1. The first-order valence-electron chi connectivity index (χ1n) is 6.13. The fraction of sp³-hybridized carbons (Fsp3) is 0.571. The van der Waals surface area contributed by atoms with Crippen molar-refractivity contribution in [3.8, 4) is 0 Å². The summed E-state index contributed by atoms with van der Waals surface area (Å²) in [4.78, 5) is 0. The van der Waals surface area contributed by atoms with Gasteiger partial charge in [0.05, 0.1) is 0 Å². The lowest BCUT2D eigenvalue weighted by molar-refractivity contribution is 0.183. The van der Waals surface area contributed by atoms with E-state index in [0.717, 1.165) is 26.0 Å². The van der Waals surface area contributed by atoms with Crippen LogP contribution >= 0.6 is 0 Å². The van der Waals surface area contributed by atoms with Gasteiger partial charge in [-0.1, -0.05) is 38.1 Å². The zero-order valence-electron chi connectivity index (χ0n) is 10.6. The number of nitrogens with one attached hydrogen (secondary N) is 1. The molecule has 0 aliphatic heterocycles. The summed E-state index contributed by atoms with van der Waals surface area (Å²) in [7, 11) is 1.76. The fourth-order valence-electron chi connectivity index (χ4n) is 1.90. The van der Waals surface area contributed by atoms with Gasteiger partial charge in [0.25, 0.3) is 0 Å². The van der Waals surface area contributed by atoms with Crippen LogP contribution in [0.1, 0.15) is 37.4 Å². The van der Waals surface area contributed by atoms with Crippen LogP contribution < -0.4 is 5.32 Å². The van der Waals surface area contributed by atoms with Gasteiger partial charge in [0, 0.05) is 19.8 Å². The Bertz CT molecular complexity index is 299. The SMILES string of the molecule is CCNC(CCOC)c1cccc(CC)c1. The highest BCUT2D eigenvalue weighted by Crippen LogP contribution is 2.18. The van der Waals surface area contributed by atoms with E-state index in [-0.39, 0.29) is 0 Å². The summed E-state index contributed by atoms with van der Waals surface area (Å²) in [6, 6.07) is 9.23. The van der Waals surface area contributed by atoms with E-state index < -0.39 is 0 Å². The zero-order chi connectivity index (χ0) is 11.8. The first kappa shape index (κ1) is 13.2. The minimum absolute atomic E-state index is 0.413. The Balaban J connectivity index is 2.73. The molecule has 1 rings (SSSR count). The lowest BCUT2D eigenvalue weighted by Crippen LogP contribution is -2.22. The minimum atomic E-state index is 0.413. The van der Waals surface area contributed by atoms with Gasteiger partial charge < -0.3 is 10.1 Å². The van der Waals surface area contributed by atoms with Crippen molar-refractivity contribution in [1.29, 1.82) is 0 Å². The largest absolute Gasteiger partial charge is 0.385 e.